The predicted molar refractivity (Wildman–Crippen MR) is 137 cm³/mol. The average molecular weight is 484 g/mol. The first-order valence-electron chi connectivity index (χ1n) is 11.4. The number of H-pyrrole nitrogens is 1. The third-order valence-corrected chi connectivity index (χ3v) is 6.41. The number of anilines is 2. The van der Waals surface area contributed by atoms with Crippen LogP contribution in [0.25, 0.3) is 43.8 Å². The molecule has 3 aromatic heterocycles. The zero-order valence-electron chi connectivity index (χ0n) is 20.1. The molecule has 3 heterocycles. The molecule has 0 aliphatic carbocycles. The molecule has 0 amide bonds. The summed E-state index contributed by atoms with van der Waals surface area (Å²) in [5, 5.41) is 10.7. The zero-order chi connectivity index (χ0) is 25.0. The van der Waals surface area contributed by atoms with Crippen molar-refractivity contribution in [3.8, 4) is 22.6 Å². The highest BCUT2D eigenvalue weighted by atomic mass is 19.3. The van der Waals surface area contributed by atoms with E-state index in [0.29, 0.717) is 34.2 Å². The first-order valence-corrected chi connectivity index (χ1v) is 11.4. The van der Waals surface area contributed by atoms with Crippen molar-refractivity contribution in [2.45, 2.75) is 20.8 Å². The fourth-order valence-electron chi connectivity index (χ4n) is 4.83. The lowest BCUT2D eigenvalue weighted by atomic mass is 10.0. The Hall–Kier alpha value is -4.66. The highest BCUT2D eigenvalue weighted by Crippen LogP contribution is 2.41. The van der Waals surface area contributed by atoms with E-state index in [1.807, 2.05) is 57.2 Å². The molecule has 0 saturated carbocycles. The van der Waals surface area contributed by atoms with Gasteiger partial charge in [0.05, 0.1) is 23.8 Å². The van der Waals surface area contributed by atoms with Gasteiger partial charge in [0.2, 0.25) is 0 Å². The van der Waals surface area contributed by atoms with Gasteiger partial charge in [-0.25, -0.2) is 9.97 Å². The van der Waals surface area contributed by atoms with Crippen molar-refractivity contribution in [2.75, 3.05) is 12.4 Å². The topological polar surface area (TPSA) is 98.1 Å². The number of ether oxygens (including phenoxy) is 1. The maximum absolute atomic E-state index is 13.1. The highest BCUT2D eigenvalue weighted by Gasteiger charge is 2.21. The molecule has 0 aliphatic heterocycles. The van der Waals surface area contributed by atoms with E-state index >= 15 is 0 Å². The number of halogens is 1. The lowest BCUT2D eigenvalue weighted by molar-refractivity contribution is -0.00422. The first-order chi connectivity index (χ1) is 17.5. The van der Waals surface area contributed by atoms with Gasteiger partial charge in [0.1, 0.15) is 28.8 Å². The largest absolute Gasteiger partial charge is 0.496 e. The number of benzene rings is 3. The van der Waals surface area contributed by atoms with Crippen LogP contribution in [-0.2, 0) is 0 Å². The summed E-state index contributed by atoms with van der Waals surface area (Å²) in [6.45, 7) is 5.62. The van der Waals surface area contributed by atoms with Gasteiger partial charge in [-0.05, 0) is 45.0 Å². The van der Waals surface area contributed by atoms with Gasteiger partial charge in [0, 0.05) is 37.5 Å². The van der Waals surface area contributed by atoms with Crippen LogP contribution in [0.2, 0.25) is 0 Å². The molecule has 6 aromatic rings. The summed E-state index contributed by atoms with van der Waals surface area (Å²) in [6.07, 6.45) is 0. The Morgan fingerprint density at radius 2 is 1.75 bits per heavy atom. The Morgan fingerprint density at radius 1 is 0.944 bits per heavy atom. The van der Waals surface area contributed by atoms with Crippen molar-refractivity contribution in [3.63, 3.8) is 0 Å². The summed E-state index contributed by atoms with van der Waals surface area (Å²) in [6, 6.07) is 14.8. The van der Waals surface area contributed by atoms with Gasteiger partial charge in [-0.2, -0.15) is 0 Å². The van der Waals surface area contributed by atoms with E-state index in [9.17, 15) is 4.53 Å². The maximum Gasteiger partial charge on any atom is 0.179 e. The Balaban J connectivity index is 1.58. The van der Waals surface area contributed by atoms with E-state index in [-0.39, 0.29) is 5.75 Å². The van der Waals surface area contributed by atoms with Gasteiger partial charge in [0.25, 0.3) is 0 Å². The molecule has 36 heavy (non-hydrogen) atoms. The third kappa shape index (κ3) is 3.31. The summed E-state index contributed by atoms with van der Waals surface area (Å²) in [7, 11) is 1.64. The smallest absolute Gasteiger partial charge is 0.179 e. The Bertz CT molecular complexity index is 1770. The molecule has 0 aliphatic rings. The number of nitrogens with zero attached hydrogens (tertiary/aromatic N) is 3. The van der Waals surface area contributed by atoms with Crippen LogP contribution in [0.1, 0.15) is 17.3 Å². The SMILES string of the molecule is COc1cc2c(cc1-c1c(C)noc1C)[nH]c1nc(C)nc(Nc3ccc(OF)c4ccccc34)c12. The van der Waals surface area contributed by atoms with Crippen molar-refractivity contribution >= 4 is 44.2 Å². The van der Waals surface area contributed by atoms with Crippen LogP contribution in [-0.4, -0.2) is 27.2 Å². The summed E-state index contributed by atoms with van der Waals surface area (Å²) in [4.78, 5) is 16.8. The molecule has 180 valence electrons. The number of aryl methyl sites for hydroxylation is 3. The molecule has 9 heteroatoms. The molecule has 0 unspecified atom stereocenters. The lowest BCUT2D eigenvalue weighted by Crippen LogP contribution is -1.99. The normalized spacial score (nSPS) is 11.5. The van der Waals surface area contributed by atoms with Gasteiger partial charge < -0.3 is 19.6 Å². The summed E-state index contributed by atoms with van der Waals surface area (Å²) < 4.78 is 24.3. The Labute approximate surface area is 205 Å². The number of aromatic amines is 1. The zero-order valence-corrected chi connectivity index (χ0v) is 20.1. The van der Waals surface area contributed by atoms with Gasteiger partial charge in [0.15, 0.2) is 5.75 Å². The average Bonchev–Trinajstić information content (AvgIpc) is 3.41. The van der Waals surface area contributed by atoms with E-state index in [2.05, 4.69) is 25.4 Å². The van der Waals surface area contributed by atoms with E-state index < -0.39 is 0 Å². The fourth-order valence-corrected chi connectivity index (χ4v) is 4.83. The number of rotatable bonds is 5. The Morgan fingerprint density at radius 3 is 2.47 bits per heavy atom. The van der Waals surface area contributed by atoms with E-state index in [1.54, 1.807) is 19.2 Å². The van der Waals surface area contributed by atoms with Gasteiger partial charge >= 0.3 is 0 Å². The molecule has 2 N–H and O–H groups in total. The summed E-state index contributed by atoms with van der Waals surface area (Å²) >= 11 is 0. The van der Waals surface area contributed by atoms with Crippen LogP contribution in [0.4, 0.5) is 16.0 Å². The van der Waals surface area contributed by atoms with E-state index in [0.717, 1.165) is 44.2 Å². The molecule has 0 atom stereocenters. The number of hydrogen-bond donors (Lipinski definition) is 2. The second kappa shape index (κ2) is 8.23. The van der Waals surface area contributed by atoms with Gasteiger partial charge in [-0.1, -0.05) is 29.4 Å². The molecule has 3 aromatic carbocycles. The standard InChI is InChI=1S/C27H22FN5O3/c1-13-24(14(2)36-33-13)19-11-21-18(12-23(19)34-4)25-26(29-15(3)30-27(25)32-21)31-20-9-10-22(35-28)17-8-6-5-7-16(17)20/h5-12H,1-4H3,(H2,29,30,31,32). The van der Waals surface area contributed by atoms with Crippen LogP contribution >= 0.6 is 0 Å². The molecular formula is C27H22FN5O3. The number of fused-ring (bicyclic) bond motifs is 4. The van der Waals surface area contributed by atoms with Crippen LogP contribution in [0.3, 0.4) is 0 Å². The monoisotopic (exact) mass is 483 g/mol. The second-order valence-electron chi connectivity index (χ2n) is 8.62. The van der Waals surface area contributed by atoms with Crippen LogP contribution in [0.5, 0.6) is 11.5 Å². The van der Waals surface area contributed by atoms with Gasteiger partial charge in [-0.3, -0.25) is 4.94 Å². The summed E-state index contributed by atoms with van der Waals surface area (Å²) in [5.41, 5.74) is 4.88. The van der Waals surface area contributed by atoms with Crippen molar-refractivity contribution in [1.29, 1.82) is 0 Å². The van der Waals surface area contributed by atoms with Gasteiger partial charge in [-0.15, -0.1) is 0 Å². The van der Waals surface area contributed by atoms with Crippen molar-refractivity contribution in [2.24, 2.45) is 0 Å². The minimum Gasteiger partial charge on any atom is -0.496 e. The molecule has 0 radical (unpaired) electrons. The molecule has 6 rings (SSSR count). The minimum absolute atomic E-state index is 0.156. The van der Waals surface area contributed by atoms with Crippen molar-refractivity contribution in [3.05, 3.63) is 65.8 Å². The second-order valence-corrected chi connectivity index (χ2v) is 8.62. The maximum atomic E-state index is 13.1. The quantitative estimate of drug-likeness (QED) is 0.276. The number of aromatic nitrogens is 4. The highest BCUT2D eigenvalue weighted by molar-refractivity contribution is 6.14. The third-order valence-electron chi connectivity index (χ3n) is 6.41. The molecule has 0 bridgehead atoms. The Kier molecular flexibility index (Phi) is 4.99. The lowest BCUT2D eigenvalue weighted by Gasteiger charge is -2.12. The molecule has 0 fully saturated rings. The molecule has 0 saturated heterocycles. The minimum atomic E-state index is 0.156. The predicted octanol–water partition coefficient (Wildman–Crippen LogP) is 6.86. The number of methoxy groups -OCH3 is 1. The fraction of sp³-hybridized carbons (Fsp3) is 0.148. The summed E-state index contributed by atoms with van der Waals surface area (Å²) in [5.74, 6) is 2.77. The van der Waals surface area contributed by atoms with Crippen molar-refractivity contribution in [1.82, 2.24) is 20.1 Å². The van der Waals surface area contributed by atoms with E-state index in [4.69, 9.17) is 14.2 Å². The molecule has 0 spiro atoms. The van der Waals surface area contributed by atoms with Crippen LogP contribution in [0, 0.1) is 20.8 Å². The van der Waals surface area contributed by atoms with Crippen molar-refractivity contribution < 1.29 is 18.7 Å². The van der Waals surface area contributed by atoms with E-state index in [1.165, 1.54) is 0 Å². The number of nitrogens with one attached hydrogen (secondary N) is 2. The molecular weight excluding hydrogens is 461 g/mol. The molecule has 8 nitrogen and oxygen atoms in total. The number of hydrogen-bond acceptors (Lipinski definition) is 7. The van der Waals surface area contributed by atoms with Crippen LogP contribution in [0.15, 0.2) is 53.1 Å². The first kappa shape index (κ1) is 21.8. The van der Waals surface area contributed by atoms with Crippen LogP contribution < -0.4 is 15.0 Å².